The van der Waals surface area contributed by atoms with Crippen LogP contribution < -0.4 is 5.84 Å². The standard InChI is InChI=1S/C13H12F2N4O2/c14-11(15)13(21)19(16)12(20)10-3-1-9(2-4-10)7-18-6-5-17-8-18/h1-6,8,11H,7,16H2. The number of imide groups is 1. The number of amides is 2. The monoisotopic (exact) mass is 294 g/mol. The molecule has 2 aromatic rings. The lowest BCUT2D eigenvalue weighted by Gasteiger charge is -2.14. The second-order valence-corrected chi connectivity index (χ2v) is 4.25. The first-order valence-electron chi connectivity index (χ1n) is 5.95. The van der Waals surface area contributed by atoms with Crippen molar-refractivity contribution in [3.05, 3.63) is 54.1 Å². The predicted octanol–water partition coefficient (Wildman–Crippen LogP) is 1.04. The molecule has 1 aromatic heterocycles. The molecular weight excluding hydrogens is 282 g/mol. The number of carbonyl (C=O) groups is 2. The average Bonchev–Trinajstić information content (AvgIpc) is 2.98. The fourth-order valence-corrected chi connectivity index (χ4v) is 1.69. The van der Waals surface area contributed by atoms with Crippen LogP contribution >= 0.6 is 0 Å². The van der Waals surface area contributed by atoms with Crippen LogP contribution in [0.4, 0.5) is 8.78 Å². The Labute approximate surface area is 118 Å². The fraction of sp³-hybridized carbons (Fsp3) is 0.154. The number of hydrogen-bond acceptors (Lipinski definition) is 4. The van der Waals surface area contributed by atoms with Crippen LogP contribution in [0, 0.1) is 0 Å². The topological polar surface area (TPSA) is 81.2 Å². The van der Waals surface area contributed by atoms with Gasteiger partial charge < -0.3 is 4.57 Å². The number of hydrogen-bond donors (Lipinski definition) is 1. The third-order valence-corrected chi connectivity index (χ3v) is 2.77. The largest absolute Gasteiger partial charge is 0.333 e. The van der Waals surface area contributed by atoms with E-state index in [4.69, 9.17) is 5.84 Å². The number of hydrazine groups is 1. The highest BCUT2D eigenvalue weighted by atomic mass is 19.3. The second kappa shape index (κ2) is 6.23. The van der Waals surface area contributed by atoms with Crippen LogP contribution in [0.25, 0.3) is 0 Å². The molecule has 2 amide bonds. The SMILES string of the molecule is NN(C(=O)c1ccc(Cn2ccnc2)cc1)C(=O)C(F)F. The minimum absolute atomic E-state index is 0.0564. The minimum atomic E-state index is -3.32. The van der Waals surface area contributed by atoms with Crippen molar-refractivity contribution >= 4 is 11.8 Å². The third-order valence-electron chi connectivity index (χ3n) is 2.77. The number of imidazole rings is 1. The van der Waals surface area contributed by atoms with Gasteiger partial charge in [-0.15, -0.1) is 0 Å². The van der Waals surface area contributed by atoms with E-state index in [1.807, 2.05) is 4.57 Å². The first-order chi connectivity index (χ1) is 9.99. The molecule has 8 heteroatoms. The molecule has 0 radical (unpaired) electrons. The lowest BCUT2D eigenvalue weighted by molar-refractivity contribution is -0.140. The molecule has 0 aliphatic heterocycles. The van der Waals surface area contributed by atoms with Crippen LogP contribution in [0.1, 0.15) is 15.9 Å². The van der Waals surface area contributed by atoms with Gasteiger partial charge in [0.25, 0.3) is 5.91 Å². The summed E-state index contributed by atoms with van der Waals surface area (Å²) in [6.07, 6.45) is 1.74. The molecule has 110 valence electrons. The fourth-order valence-electron chi connectivity index (χ4n) is 1.69. The van der Waals surface area contributed by atoms with Crippen LogP contribution in [-0.2, 0) is 11.3 Å². The number of nitrogens with two attached hydrogens (primary N) is 1. The van der Waals surface area contributed by atoms with Gasteiger partial charge >= 0.3 is 12.3 Å². The molecule has 6 nitrogen and oxygen atoms in total. The van der Waals surface area contributed by atoms with Crippen molar-refractivity contribution in [2.24, 2.45) is 5.84 Å². The van der Waals surface area contributed by atoms with Gasteiger partial charge in [-0.1, -0.05) is 12.1 Å². The zero-order chi connectivity index (χ0) is 15.4. The molecule has 0 saturated heterocycles. The summed E-state index contributed by atoms with van der Waals surface area (Å²) in [7, 11) is 0. The summed E-state index contributed by atoms with van der Waals surface area (Å²) in [5, 5.41) is -0.0739. The Morgan fingerprint density at radius 2 is 1.95 bits per heavy atom. The van der Waals surface area contributed by atoms with Crippen molar-refractivity contribution in [3.8, 4) is 0 Å². The van der Waals surface area contributed by atoms with Gasteiger partial charge in [0, 0.05) is 24.5 Å². The van der Waals surface area contributed by atoms with Gasteiger partial charge in [0.2, 0.25) is 0 Å². The summed E-state index contributed by atoms with van der Waals surface area (Å²) >= 11 is 0. The Bertz CT molecular complexity index is 626. The maximum Gasteiger partial charge on any atom is 0.317 e. The Kier molecular flexibility index (Phi) is 4.39. The van der Waals surface area contributed by atoms with E-state index in [1.54, 1.807) is 30.9 Å². The normalized spacial score (nSPS) is 10.7. The Morgan fingerprint density at radius 3 is 2.48 bits per heavy atom. The van der Waals surface area contributed by atoms with Gasteiger partial charge in [-0.3, -0.25) is 9.59 Å². The summed E-state index contributed by atoms with van der Waals surface area (Å²) in [4.78, 5) is 26.6. The minimum Gasteiger partial charge on any atom is -0.333 e. The van der Waals surface area contributed by atoms with E-state index in [1.165, 1.54) is 12.1 Å². The number of nitrogens with zero attached hydrogens (tertiary/aromatic N) is 3. The first kappa shape index (κ1) is 14.8. The Morgan fingerprint density at radius 1 is 1.29 bits per heavy atom. The third kappa shape index (κ3) is 3.48. The Hall–Kier alpha value is -2.61. The molecule has 0 atom stereocenters. The highest BCUT2D eigenvalue weighted by Gasteiger charge is 2.26. The number of rotatable bonds is 4. The molecule has 0 fully saturated rings. The van der Waals surface area contributed by atoms with Crippen molar-refractivity contribution < 1.29 is 18.4 Å². The predicted molar refractivity (Wildman–Crippen MR) is 69.1 cm³/mol. The molecule has 2 N–H and O–H groups in total. The summed E-state index contributed by atoms with van der Waals surface area (Å²) in [6, 6.07) is 6.14. The van der Waals surface area contributed by atoms with Gasteiger partial charge in [0.15, 0.2) is 0 Å². The lowest BCUT2D eigenvalue weighted by Crippen LogP contribution is -2.45. The van der Waals surface area contributed by atoms with E-state index >= 15 is 0 Å². The van der Waals surface area contributed by atoms with Crippen LogP contribution in [0.5, 0.6) is 0 Å². The van der Waals surface area contributed by atoms with Crippen LogP contribution in [0.3, 0.4) is 0 Å². The second-order valence-electron chi connectivity index (χ2n) is 4.25. The summed E-state index contributed by atoms with van der Waals surface area (Å²) in [6.45, 7) is 0.552. The summed E-state index contributed by atoms with van der Waals surface area (Å²) < 4.78 is 26.2. The number of alkyl halides is 2. The van der Waals surface area contributed by atoms with Crippen molar-refractivity contribution in [2.45, 2.75) is 13.0 Å². The summed E-state index contributed by atoms with van der Waals surface area (Å²) in [5.41, 5.74) is 0.939. The van der Waals surface area contributed by atoms with Gasteiger partial charge in [-0.2, -0.15) is 8.78 Å². The highest BCUT2D eigenvalue weighted by Crippen LogP contribution is 2.09. The molecule has 0 aliphatic carbocycles. The molecule has 1 aromatic carbocycles. The van der Waals surface area contributed by atoms with E-state index in [0.717, 1.165) is 5.56 Å². The van der Waals surface area contributed by atoms with E-state index in [9.17, 15) is 18.4 Å². The molecule has 0 spiro atoms. The summed E-state index contributed by atoms with van der Waals surface area (Å²) in [5.74, 6) is 2.37. The molecule has 1 heterocycles. The van der Waals surface area contributed by atoms with Gasteiger partial charge in [0.05, 0.1) is 6.33 Å². The zero-order valence-corrected chi connectivity index (χ0v) is 10.8. The van der Waals surface area contributed by atoms with Crippen LogP contribution in [-0.4, -0.2) is 32.8 Å². The average molecular weight is 294 g/mol. The van der Waals surface area contributed by atoms with Crippen molar-refractivity contribution in [2.75, 3.05) is 0 Å². The molecule has 21 heavy (non-hydrogen) atoms. The van der Waals surface area contributed by atoms with E-state index in [-0.39, 0.29) is 10.6 Å². The molecular formula is C13H12F2N4O2. The van der Waals surface area contributed by atoms with Crippen LogP contribution in [0.15, 0.2) is 43.0 Å². The van der Waals surface area contributed by atoms with Crippen molar-refractivity contribution in [3.63, 3.8) is 0 Å². The van der Waals surface area contributed by atoms with Crippen LogP contribution in [0.2, 0.25) is 0 Å². The van der Waals surface area contributed by atoms with E-state index in [0.29, 0.717) is 6.54 Å². The smallest absolute Gasteiger partial charge is 0.317 e. The van der Waals surface area contributed by atoms with Gasteiger partial charge in [-0.05, 0) is 17.7 Å². The molecule has 0 bridgehead atoms. The van der Waals surface area contributed by atoms with Gasteiger partial charge in [0.1, 0.15) is 0 Å². The quantitative estimate of drug-likeness (QED) is 0.519. The number of carbonyl (C=O) groups excluding carboxylic acids is 2. The highest BCUT2D eigenvalue weighted by molar-refractivity contribution is 6.04. The maximum absolute atomic E-state index is 12.2. The Balaban J connectivity index is 2.08. The molecule has 2 rings (SSSR count). The van der Waals surface area contributed by atoms with Gasteiger partial charge in [-0.25, -0.2) is 15.8 Å². The number of benzene rings is 1. The lowest BCUT2D eigenvalue weighted by atomic mass is 10.1. The van der Waals surface area contributed by atoms with E-state index in [2.05, 4.69) is 4.98 Å². The molecule has 0 unspecified atom stereocenters. The zero-order valence-electron chi connectivity index (χ0n) is 10.8. The number of halogens is 2. The van der Waals surface area contributed by atoms with Crippen molar-refractivity contribution in [1.29, 1.82) is 0 Å². The van der Waals surface area contributed by atoms with E-state index < -0.39 is 18.2 Å². The first-order valence-corrected chi connectivity index (χ1v) is 5.95. The number of aromatic nitrogens is 2. The maximum atomic E-state index is 12.2. The van der Waals surface area contributed by atoms with Crippen molar-refractivity contribution in [1.82, 2.24) is 14.6 Å². The molecule has 0 saturated carbocycles. The molecule has 0 aliphatic rings.